The van der Waals surface area contributed by atoms with Crippen LogP contribution in [0.1, 0.15) is 0 Å². The van der Waals surface area contributed by atoms with Gasteiger partial charge in [0.2, 0.25) is 0 Å². The summed E-state index contributed by atoms with van der Waals surface area (Å²) in [4.78, 5) is 10.5. The highest BCUT2D eigenvalue weighted by molar-refractivity contribution is 7.26. The molecule has 0 atom stereocenters. The molecule has 56 heavy (non-hydrogen) atoms. The Balaban J connectivity index is 1.19. The number of thiophene rings is 1. The van der Waals surface area contributed by atoms with E-state index in [2.05, 4.69) is 193 Å². The van der Waals surface area contributed by atoms with Gasteiger partial charge in [-0.3, -0.25) is 0 Å². The Bertz CT molecular complexity index is 3160. The van der Waals surface area contributed by atoms with Gasteiger partial charge in [-0.2, -0.15) is 0 Å². The second kappa shape index (κ2) is 13.3. The molecular formula is C52H33N3S. The third-order valence-electron chi connectivity index (χ3n) is 10.8. The van der Waals surface area contributed by atoms with Crippen molar-refractivity contribution in [2.24, 2.45) is 0 Å². The average Bonchev–Trinajstić information content (AvgIpc) is 3.82. The van der Waals surface area contributed by atoms with Gasteiger partial charge >= 0.3 is 0 Å². The van der Waals surface area contributed by atoms with Gasteiger partial charge in [0.15, 0.2) is 5.82 Å². The highest BCUT2D eigenvalue weighted by atomic mass is 32.1. The van der Waals surface area contributed by atoms with Crippen molar-refractivity contribution in [1.82, 2.24) is 14.5 Å². The molecule has 0 fully saturated rings. The molecule has 262 valence electrons. The van der Waals surface area contributed by atoms with Crippen molar-refractivity contribution < 1.29 is 0 Å². The molecule has 0 amide bonds. The Labute approximate surface area is 328 Å². The van der Waals surface area contributed by atoms with E-state index in [9.17, 15) is 0 Å². The average molecular weight is 732 g/mol. The predicted octanol–water partition coefficient (Wildman–Crippen LogP) is 14.3. The largest absolute Gasteiger partial charge is 0.309 e. The Morgan fingerprint density at radius 2 is 0.964 bits per heavy atom. The third-order valence-corrected chi connectivity index (χ3v) is 12.0. The third kappa shape index (κ3) is 5.42. The first kappa shape index (κ1) is 32.3. The van der Waals surface area contributed by atoms with Crippen molar-refractivity contribution in [3.8, 4) is 61.8 Å². The van der Waals surface area contributed by atoms with E-state index < -0.39 is 0 Å². The normalized spacial score (nSPS) is 11.6. The fourth-order valence-electron chi connectivity index (χ4n) is 8.20. The lowest BCUT2D eigenvalue weighted by molar-refractivity contribution is 1.18. The smallest absolute Gasteiger partial charge is 0.161 e. The van der Waals surface area contributed by atoms with Gasteiger partial charge in [-0.1, -0.05) is 158 Å². The lowest BCUT2D eigenvalue weighted by Gasteiger charge is -2.13. The molecule has 0 aliphatic heterocycles. The van der Waals surface area contributed by atoms with Gasteiger partial charge in [-0.25, -0.2) is 9.97 Å². The van der Waals surface area contributed by atoms with Crippen LogP contribution in [-0.2, 0) is 0 Å². The number of hydrogen-bond acceptors (Lipinski definition) is 3. The molecule has 0 aliphatic carbocycles. The molecule has 0 aliphatic rings. The van der Waals surface area contributed by atoms with E-state index in [4.69, 9.17) is 9.97 Å². The Kier molecular flexibility index (Phi) is 7.68. The summed E-state index contributed by atoms with van der Waals surface area (Å²) in [6, 6.07) is 71.4. The maximum atomic E-state index is 5.27. The van der Waals surface area contributed by atoms with E-state index in [1.54, 1.807) is 0 Å². The first-order valence-electron chi connectivity index (χ1n) is 18.9. The minimum atomic E-state index is 0.705. The summed E-state index contributed by atoms with van der Waals surface area (Å²) in [6.07, 6.45) is 0. The summed E-state index contributed by atoms with van der Waals surface area (Å²) >= 11 is 1.87. The Morgan fingerprint density at radius 1 is 0.375 bits per heavy atom. The monoisotopic (exact) mass is 731 g/mol. The summed E-state index contributed by atoms with van der Waals surface area (Å²) in [6.45, 7) is 0. The van der Waals surface area contributed by atoms with Gasteiger partial charge < -0.3 is 4.57 Å². The minimum Gasteiger partial charge on any atom is -0.309 e. The Hall–Kier alpha value is -7.14. The quantitative estimate of drug-likeness (QED) is 0.170. The van der Waals surface area contributed by atoms with E-state index in [0.717, 1.165) is 55.6 Å². The number of benzene rings is 8. The molecule has 0 saturated carbocycles. The fourth-order valence-corrected chi connectivity index (χ4v) is 9.40. The van der Waals surface area contributed by atoms with Crippen LogP contribution in [-0.4, -0.2) is 14.5 Å². The first-order chi connectivity index (χ1) is 27.8. The Morgan fingerprint density at radius 3 is 1.64 bits per heavy atom. The van der Waals surface area contributed by atoms with E-state index in [-0.39, 0.29) is 0 Å². The summed E-state index contributed by atoms with van der Waals surface area (Å²) in [7, 11) is 0. The SMILES string of the molecule is c1ccc(-c2ccc3sc4c(-c5ccccc5)cc(-n5c6ccccc6c6c(-c7nc(-c8ccccc8)cc(-c8ccccc8)n7)cccc65)cc4c3c2)cc1. The van der Waals surface area contributed by atoms with Gasteiger partial charge in [0.1, 0.15) is 0 Å². The van der Waals surface area contributed by atoms with E-state index in [0.29, 0.717) is 5.82 Å². The van der Waals surface area contributed by atoms with Gasteiger partial charge in [-0.15, -0.1) is 11.3 Å². The van der Waals surface area contributed by atoms with Crippen LogP contribution >= 0.6 is 11.3 Å². The van der Waals surface area contributed by atoms with E-state index in [1.807, 2.05) is 23.5 Å². The number of fused-ring (bicyclic) bond motifs is 6. The lowest BCUT2D eigenvalue weighted by Crippen LogP contribution is -1.97. The van der Waals surface area contributed by atoms with Crippen LogP contribution in [0.15, 0.2) is 200 Å². The van der Waals surface area contributed by atoms with Crippen LogP contribution < -0.4 is 0 Å². The standard InChI is InChI=1S/C52H33N3S/c1-5-16-34(17-6-1)38-28-29-49-43(30-38)44-32-39(31-42(51(44)56-49)35-18-7-2-8-19-35)55-47-26-14-13-24-40(47)50-41(25-15-27-48(50)55)52-53-45(36-20-9-3-10-21-36)33-46(54-52)37-22-11-4-12-23-37/h1-33H. The van der Waals surface area contributed by atoms with Crippen molar-refractivity contribution in [3.05, 3.63) is 200 Å². The van der Waals surface area contributed by atoms with E-state index >= 15 is 0 Å². The molecule has 0 N–H and O–H groups in total. The first-order valence-corrected chi connectivity index (χ1v) is 19.7. The second-order valence-corrected chi connectivity index (χ2v) is 15.2. The maximum Gasteiger partial charge on any atom is 0.161 e. The number of nitrogens with zero attached hydrogens (tertiary/aromatic N) is 3. The highest BCUT2D eigenvalue weighted by Gasteiger charge is 2.21. The van der Waals surface area contributed by atoms with Crippen molar-refractivity contribution in [1.29, 1.82) is 0 Å². The predicted molar refractivity (Wildman–Crippen MR) is 236 cm³/mol. The molecule has 3 heterocycles. The summed E-state index contributed by atoms with van der Waals surface area (Å²) in [5, 5.41) is 4.82. The lowest BCUT2D eigenvalue weighted by atomic mass is 9.99. The molecule has 11 aromatic rings. The summed E-state index contributed by atoms with van der Waals surface area (Å²) in [5.41, 5.74) is 13.2. The van der Waals surface area contributed by atoms with Crippen LogP contribution in [0.2, 0.25) is 0 Å². The van der Waals surface area contributed by atoms with Crippen LogP contribution in [0.25, 0.3) is 104 Å². The van der Waals surface area contributed by atoms with Gasteiger partial charge in [-0.05, 0) is 59.2 Å². The zero-order chi connectivity index (χ0) is 37.0. The van der Waals surface area contributed by atoms with Crippen LogP contribution in [0, 0.1) is 0 Å². The molecule has 0 spiro atoms. The van der Waals surface area contributed by atoms with Crippen LogP contribution in [0.3, 0.4) is 0 Å². The number of aromatic nitrogens is 3. The molecule has 4 heteroatoms. The molecule has 0 radical (unpaired) electrons. The molecule has 11 rings (SSSR count). The summed E-state index contributed by atoms with van der Waals surface area (Å²) < 4.78 is 5.01. The highest BCUT2D eigenvalue weighted by Crippen LogP contribution is 2.45. The second-order valence-electron chi connectivity index (χ2n) is 14.2. The van der Waals surface area contributed by atoms with Crippen LogP contribution in [0.5, 0.6) is 0 Å². The van der Waals surface area contributed by atoms with Crippen molar-refractivity contribution >= 4 is 53.3 Å². The van der Waals surface area contributed by atoms with Crippen molar-refractivity contribution in [2.75, 3.05) is 0 Å². The number of para-hydroxylation sites is 1. The number of rotatable bonds is 6. The zero-order valence-corrected chi connectivity index (χ0v) is 31.1. The zero-order valence-electron chi connectivity index (χ0n) is 30.3. The van der Waals surface area contributed by atoms with E-state index in [1.165, 1.54) is 42.4 Å². The van der Waals surface area contributed by atoms with Crippen molar-refractivity contribution in [3.63, 3.8) is 0 Å². The minimum absolute atomic E-state index is 0.705. The molecule has 8 aromatic carbocycles. The summed E-state index contributed by atoms with van der Waals surface area (Å²) in [5.74, 6) is 0.705. The van der Waals surface area contributed by atoms with Gasteiger partial charge in [0.05, 0.1) is 22.4 Å². The van der Waals surface area contributed by atoms with Crippen molar-refractivity contribution in [2.45, 2.75) is 0 Å². The number of hydrogen-bond donors (Lipinski definition) is 0. The molecule has 0 unspecified atom stereocenters. The molecule has 3 nitrogen and oxygen atoms in total. The van der Waals surface area contributed by atoms with Gasteiger partial charge in [0, 0.05) is 58.9 Å². The molecule has 3 aromatic heterocycles. The maximum absolute atomic E-state index is 5.27. The van der Waals surface area contributed by atoms with Gasteiger partial charge in [0.25, 0.3) is 0 Å². The molecule has 0 saturated heterocycles. The van der Waals surface area contributed by atoms with Crippen LogP contribution in [0.4, 0.5) is 0 Å². The molecule has 0 bridgehead atoms. The topological polar surface area (TPSA) is 30.7 Å². The molecular weight excluding hydrogens is 699 g/mol. The fraction of sp³-hybridized carbons (Fsp3) is 0.